The Hall–Kier alpha value is -0.970. The molecule has 0 saturated heterocycles. The molecular formula is C9H14F2N2O. The van der Waals surface area contributed by atoms with Crippen molar-refractivity contribution in [1.29, 1.82) is 0 Å². The van der Waals surface area contributed by atoms with E-state index in [-0.39, 0.29) is 11.0 Å². The third-order valence-electron chi connectivity index (χ3n) is 1.98. The summed E-state index contributed by atoms with van der Waals surface area (Å²) in [7, 11) is 0. The van der Waals surface area contributed by atoms with Crippen molar-refractivity contribution in [3.05, 3.63) is 17.5 Å². The summed E-state index contributed by atoms with van der Waals surface area (Å²) in [5.41, 5.74) is 0.389. The number of rotatable bonds is 2. The van der Waals surface area contributed by atoms with Crippen molar-refractivity contribution >= 4 is 0 Å². The van der Waals surface area contributed by atoms with Gasteiger partial charge in [-0.25, -0.2) is 8.78 Å². The Kier molecular flexibility index (Phi) is 2.89. The Morgan fingerprint density at radius 2 is 2.00 bits per heavy atom. The molecule has 0 aliphatic rings. The summed E-state index contributed by atoms with van der Waals surface area (Å²) in [4.78, 5) is 0. The lowest BCUT2D eigenvalue weighted by molar-refractivity contribution is -0.00666. The van der Waals surface area contributed by atoms with Crippen LogP contribution in [0.2, 0.25) is 0 Å². The van der Waals surface area contributed by atoms with Crippen molar-refractivity contribution in [3.63, 3.8) is 0 Å². The monoisotopic (exact) mass is 204 g/mol. The second-order valence-electron chi connectivity index (χ2n) is 4.23. The quantitative estimate of drug-likeness (QED) is 0.774. The molecule has 0 aromatic carbocycles. The van der Waals surface area contributed by atoms with Crippen LogP contribution in [-0.2, 0) is 5.41 Å². The Morgan fingerprint density at radius 3 is 2.43 bits per heavy atom. The number of halogens is 2. The van der Waals surface area contributed by atoms with Crippen molar-refractivity contribution in [2.75, 3.05) is 0 Å². The van der Waals surface area contributed by atoms with E-state index in [4.69, 9.17) is 0 Å². The van der Waals surface area contributed by atoms with Gasteiger partial charge in [0.25, 0.3) is 6.43 Å². The highest BCUT2D eigenvalue weighted by Gasteiger charge is 2.28. The third-order valence-corrected chi connectivity index (χ3v) is 1.98. The second-order valence-corrected chi connectivity index (χ2v) is 4.23. The molecule has 0 spiro atoms. The van der Waals surface area contributed by atoms with E-state index in [9.17, 15) is 13.9 Å². The molecule has 80 valence electrons. The molecular weight excluding hydrogens is 190 g/mol. The average Bonchev–Trinajstić information content (AvgIpc) is 2.48. The maximum absolute atomic E-state index is 12.3. The van der Waals surface area contributed by atoms with Gasteiger partial charge in [0.2, 0.25) is 0 Å². The lowest BCUT2D eigenvalue weighted by atomic mass is 9.88. The molecule has 1 aromatic heterocycles. The van der Waals surface area contributed by atoms with Crippen LogP contribution < -0.4 is 0 Å². The lowest BCUT2D eigenvalue weighted by Crippen LogP contribution is -2.18. The van der Waals surface area contributed by atoms with E-state index in [0.29, 0.717) is 5.69 Å². The van der Waals surface area contributed by atoms with E-state index in [1.165, 1.54) is 6.20 Å². The maximum Gasteiger partial charge on any atom is 0.268 e. The Bertz CT molecular complexity index is 304. The summed E-state index contributed by atoms with van der Waals surface area (Å²) >= 11 is 0. The van der Waals surface area contributed by atoms with E-state index in [2.05, 4.69) is 10.2 Å². The smallest absolute Gasteiger partial charge is 0.268 e. The topological polar surface area (TPSA) is 48.9 Å². The first-order valence-corrected chi connectivity index (χ1v) is 4.34. The molecule has 0 radical (unpaired) electrons. The predicted octanol–water partition coefficient (Wildman–Crippen LogP) is 2.01. The van der Waals surface area contributed by atoms with E-state index < -0.39 is 12.5 Å². The second kappa shape index (κ2) is 3.65. The fraction of sp³-hybridized carbons (Fsp3) is 0.667. The van der Waals surface area contributed by atoms with Gasteiger partial charge >= 0.3 is 0 Å². The van der Waals surface area contributed by atoms with Crippen LogP contribution in [0.25, 0.3) is 0 Å². The fourth-order valence-corrected chi connectivity index (χ4v) is 1.26. The minimum absolute atomic E-state index is 0.174. The van der Waals surface area contributed by atoms with Gasteiger partial charge in [0.15, 0.2) is 0 Å². The van der Waals surface area contributed by atoms with Crippen molar-refractivity contribution in [2.24, 2.45) is 0 Å². The van der Waals surface area contributed by atoms with Crippen LogP contribution in [0.3, 0.4) is 0 Å². The van der Waals surface area contributed by atoms with E-state index in [0.717, 1.165) is 0 Å². The summed E-state index contributed by atoms with van der Waals surface area (Å²) < 4.78 is 24.5. The molecule has 14 heavy (non-hydrogen) atoms. The highest BCUT2D eigenvalue weighted by Crippen LogP contribution is 2.30. The zero-order valence-electron chi connectivity index (χ0n) is 8.38. The van der Waals surface area contributed by atoms with Crippen LogP contribution >= 0.6 is 0 Å². The number of aromatic nitrogens is 2. The van der Waals surface area contributed by atoms with Crippen LogP contribution in [0.15, 0.2) is 6.20 Å². The van der Waals surface area contributed by atoms with Gasteiger partial charge in [-0.2, -0.15) is 5.10 Å². The molecule has 0 saturated carbocycles. The normalized spacial score (nSPS) is 14.8. The average molecular weight is 204 g/mol. The van der Waals surface area contributed by atoms with Gasteiger partial charge in [0.05, 0.1) is 6.20 Å². The fourth-order valence-electron chi connectivity index (χ4n) is 1.26. The first-order valence-electron chi connectivity index (χ1n) is 4.34. The molecule has 5 heteroatoms. The van der Waals surface area contributed by atoms with Crippen LogP contribution in [0.5, 0.6) is 0 Å². The Morgan fingerprint density at radius 1 is 1.43 bits per heavy atom. The molecule has 0 aliphatic carbocycles. The van der Waals surface area contributed by atoms with Gasteiger partial charge in [-0.15, -0.1) is 0 Å². The molecule has 0 fully saturated rings. The summed E-state index contributed by atoms with van der Waals surface area (Å²) in [6.07, 6.45) is -3.30. The molecule has 3 nitrogen and oxygen atoms in total. The van der Waals surface area contributed by atoms with Crippen molar-refractivity contribution in [1.82, 2.24) is 10.2 Å². The lowest BCUT2D eigenvalue weighted by Gasteiger charge is -2.20. The number of nitrogens with one attached hydrogen (secondary N) is 1. The summed E-state index contributed by atoms with van der Waals surface area (Å²) in [5, 5.41) is 15.5. The Labute approximate surface area is 81.1 Å². The number of nitrogens with zero attached hydrogens (tertiary/aromatic N) is 1. The molecule has 1 rings (SSSR count). The molecule has 0 amide bonds. The van der Waals surface area contributed by atoms with Gasteiger partial charge in [-0.1, -0.05) is 20.8 Å². The van der Waals surface area contributed by atoms with E-state index in [1.807, 2.05) is 20.8 Å². The molecule has 2 N–H and O–H groups in total. The number of aliphatic hydroxyl groups is 1. The number of H-pyrrole nitrogens is 1. The first-order chi connectivity index (χ1) is 6.34. The van der Waals surface area contributed by atoms with Crippen LogP contribution in [0, 0.1) is 0 Å². The van der Waals surface area contributed by atoms with Gasteiger partial charge in [-0.05, 0) is 0 Å². The number of hydrogen-bond donors (Lipinski definition) is 2. The number of aliphatic hydroxyl groups excluding tert-OH is 1. The number of hydrogen-bond acceptors (Lipinski definition) is 2. The van der Waals surface area contributed by atoms with E-state index in [1.54, 1.807) is 0 Å². The molecule has 1 aromatic rings. The molecule has 0 aliphatic heterocycles. The number of aromatic amines is 1. The molecule has 1 unspecified atom stereocenters. The predicted molar refractivity (Wildman–Crippen MR) is 48.3 cm³/mol. The van der Waals surface area contributed by atoms with Crippen LogP contribution in [0.4, 0.5) is 8.78 Å². The largest absolute Gasteiger partial charge is 0.382 e. The standard InChI is InChI=1S/C9H14F2N2O/c1-9(2,3)7-5(4-12-13-7)6(14)8(10)11/h4,6,8,14H,1-3H3,(H,12,13). The molecule has 1 atom stereocenters. The number of alkyl halides is 2. The molecule has 0 bridgehead atoms. The van der Waals surface area contributed by atoms with Crippen LogP contribution in [0.1, 0.15) is 38.1 Å². The zero-order valence-corrected chi connectivity index (χ0v) is 8.38. The highest BCUT2D eigenvalue weighted by atomic mass is 19.3. The summed E-state index contributed by atoms with van der Waals surface area (Å²) in [5.74, 6) is 0. The minimum Gasteiger partial charge on any atom is -0.382 e. The van der Waals surface area contributed by atoms with Gasteiger partial charge in [0, 0.05) is 16.7 Å². The summed E-state index contributed by atoms with van der Waals surface area (Å²) in [6.45, 7) is 5.59. The van der Waals surface area contributed by atoms with Gasteiger partial charge < -0.3 is 5.11 Å². The Balaban J connectivity index is 3.05. The van der Waals surface area contributed by atoms with Crippen molar-refractivity contribution in [2.45, 2.75) is 38.7 Å². The SMILES string of the molecule is CC(C)(C)c1[nH]ncc1C(O)C(F)F. The minimum atomic E-state index is -2.78. The van der Waals surface area contributed by atoms with Crippen molar-refractivity contribution < 1.29 is 13.9 Å². The highest BCUT2D eigenvalue weighted by molar-refractivity contribution is 5.25. The van der Waals surface area contributed by atoms with Gasteiger partial charge in [0.1, 0.15) is 6.10 Å². The third kappa shape index (κ3) is 2.09. The van der Waals surface area contributed by atoms with Crippen LogP contribution in [-0.4, -0.2) is 21.7 Å². The van der Waals surface area contributed by atoms with E-state index >= 15 is 0 Å². The zero-order chi connectivity index (χ0) is 10.9. The summed E-state index contributed by atoms with van der Waals surface area (Å²) in [6, 6.07) is 0. The maximum atomic E-state index is 12.3. The first kappa shape index (κ1) is 11.1. The van der Waals surface area contributed by atoms with Gasteiger partial charge in [-0.3, -0.25) is 5.10 Å². The molecule has 1 heterocycles. The van der Waals surface area contributed by atoms with Crippen molar-refractivity contribution in [3.8, 4) is 0 Å².